The molecule has 2 aromatic carbocycles. The molecule has 1 heterocycles. The maximum atomic E-state index is 12.4. The number of hydrogen-bond donors (Lipinski definition) is 1. The molecular formula is C21H25N3O3. The van der Waals surface area contributed by atoms with Gasteiger partial charge in [0.05, 0.1) is 4.92 Å². The molecule has 1 amide bonds. The zero-order chi connectivity index (χ0) is 19.2. The van der Waals surface area contributed by atoms with Crippen molar-refractivity contribution in [2.75, 3.05) is 13.1 Å². The Morgan fingerprint density at radius 1 is 1.15 bits per heavy atom. The number of likely N-dealkylation sites (tertiary alicyclic amines) is 1. The van der Waals surface area contributed by atoms with Gasteiger partial charge in [0.2, 0.25) is 0 Å². The van der Waals surface area contributed by atoms with Crippen molar-refractivity contribution in [2.24, 2.45) is 5.92 Å². The van der Waals surface area contributed by atoms with Crippen molar-refractivity contribution in [2.45, 2.75) is 32.9 Å². The summed E-state index contributed by atoms with van der Waals surface area (Å²) in [6.45, 7) is 5.80. The first-order valence-corrected chi connectivity index (χ1v) is 9.34. The van der Waals surface area contributed by atoms with Crippen LogP contribution in [0.1, 0.15) is 41.3 Å². The predicted octanol–water partition coefficient (Wildman–Crippen LogP) is 3.76. The molecule has 1 aliphatic heterocycles. The van der Waals surface area contributed by atoms with E-state index in [9.17, 15) is 14.9 Å². The van der Waals surface area contributed by atoms with Crippen LogP contribution in [0.2, 0.25) is 0 Å². The minimum atomic E-state index is -0.494. The number of piperidine rings is 1. The summed E-state index contributed by atoms with van der Waals surface area (Å²) in [5.74, 6) is 0.492. The van der Waals surface area contributed by atoms with Crippen LogP contribution in [0, 0.1) is 16.0 Å². The van der Waals surface area contributed by atoms with Crippen molar-refractivity contribution in [3.63, 3.8) is 0 Å². The lowest BCUT2D eigenvalue weighted by atomic mass is 9.98. The van der Waals surface area contributed by atoms with E-state index in [0.717, 1.165) is 31.1 Å². The van der Waals surface area contributed by atoms with E-state index in [0.29, 0.717) is 12.1 Å². The van der Waals surface area contributed by atoms with E-state index < -0.39 is 4.92 Å². The molecule has 0 radical (unpaired) electrons. The first-order valence-electron chi connectivity index (χ1n) is 9.34. The molecule has 0 unspecified atom stereocenters. The van der Waals surface area contributed by atoms with Crippen molar-refractivity contribution in [3.8, 4) is 0 Å². The Balaban J connectivity index is 1.63. The summed E-state index contributed by atoms with van der Waals surface area (Å²) in [5, 5.41) is 13.8. The van der Waals surface area contributed by atoms with Crippen molar-refractivity contribution in [1.29, 1.82) is 0 Å². The van der Waals surface area contributed by atoms with Gasteiger partial charge in [0.1, 0.15) is 0 Å². The van der Waals surface area contributed by atoms with Gasteiger partial charge in [-0.05, 0) is 49.0 Å². The summed E-state index contributed by atoms with van der Waals surface area (Å²) in [5.41, 5.74) is 2.51. The number of rotatable bonds is 6. The summed E-state index contributed by atoms with van der Waals surface area (Å²) in [6.07, 6.45) is 2.46. The van der Waals surface area contributed by atoms with E-state index in [1.807, 2.05) is 18.2 Å². The van der Waals surface area contributed by atoms with Crippen LogP contribution in [-0.4, -0.2) is 28.8 Å². The third-order valence-corrected chi connectivity index (χ3v) is 5.15. The van der Waals surface area contributed by atoms with Gasteiger partial charge in [-0.1, -0.05) is 37.3 Å². The largest absolute Gasteiger partial charge is 0.348 e. The average Bonchev–Trinajstić information content (AvgIpc) is 2.69. The molecule has 1 aliphatic rings. The zero-order valence-corrected chi connectivity index (χ0v) is 15.6. The lowest BCUT2D eigenvalue weighted by Crippen LogP contribution is -2.33. The minimum absolute atomic E-state index is 0.0811. The molecule has 2 aromatic rings. The van der Waals surface area contributed by atoms with Crippen LogP contribution in [0.25, 0.3) is 0 Å². The van der Waals surface area contributed by atoms with Crippen molar-refractivity contribution < 1.29 is 9.72 Å². The number of benzene rings is 2. The van der Waals surface area contributed by atoms with Gasteiger partial charge in [-0.3, -0.25) is 19.8 Å². The summed E-state index contributed by atoms with van der Waals surface area (Å²) in [7, 11) is 0. The van der Waals surface area contributed by atoms with Gasteiger partial charge in [-0.2, -0.15) is 0 Å². The number of nitro benzene ring substituents is 1. The molecule has 0 saturated carbocycles. The molecule has 0 bridgehead atoms. The Kier molecular flexibility index (Phi) is 6.19. The number of nitro groups is 1. The Bertz CT molecular complexity index is 814. The monoisotopic (exact) mass is 367 g/mol. The number of nitrogens with one attached hydrogen (secondary N) is 1. The second-order valence-electron chi connectivity index (χ2n) is 7.22. The molecule has 6 nitrogen and oxygen atoms in total. The average molecular weight is 367 g/mol. The lowest BCUT2D eigenvalue weighted by Gasteiger charge is -2.30. The van der Waals surface area contributed by atoms with E-state index >= 15 is 0 Å². The normalized spacial score (nSPS) is 15.4. The highest BCUT2D eigenvalue weighted by Crippen LogP contribution is 2.20. The lowest BCUT2D eigenvalue weighted by molar-refractivity contribution is -0.384. The van der Waals surface area contributed by atoms with Crippen molar-refractivity contribution in [1.82, 2.24) is 10.2 Å². The quantitative estimate of drug-likeness (QED) is 0.623. The van der Waals surface area contributed by atoms with Crippen LogP contribution in [0.5, 0.6) is 0 Å². The molecule has 0 atom stereocenters. The topological polar surface area (TPSA) is 75.5 Å². The van der Waals surface area contributed by atoms with Crippen LogP contribution in [0.3, 0.4) is 0 Å². The molecule has 1 N–H and O–H groups in total. The standard InChI is InChI=1S/C21H25N3O3/c1-16-9-11-23(12-10-16)15-19-6-3-2-5-18(19)14-22-21(25)17-7-4-8-20(13-17)24(26)27/h2-8,13,16H,9-12,14-15H2,1H3,(H,22,25). The molecule has 6 heteroatoms. The molecule has 1 fully saturated rings. The fourth-order valence-electron chi connectivity index (χ4n) is 3.38. The number of carbonyl (C=O) groups is 1. The Hall–Kier alpha value is -2.73. The number of hydrogen-bond acceptors (Lipinski definition) is 4. The van der Waals surface area contributed by atoms with E-state index in [2.05, 4.69) is 23.2 Å². The highest BCUT2D eigenvalue weighted by Gasteiger charge is 2.17. The van der Waals surface area contributed by atoms with Gasteiger partial charge in [0, 0.05) is 30.8 Å². The van der Waals surface area contributed by atoms with Gasteiger partial charge in [-0.15, -0.1) is 0 Å². The fourth-order valence-corrected chi connectivity index (χ4v) is 3.38. The van der Waals surface area contributed by atoms with Crippen LogP contribution in [-0.2, 0) is 13.1 Å². The van der Waals surface area contributed by atoms with Gasteiger partial charge in [0.25, 0.3) is 11.6 Å². The third-order valence-electron chi connectivity index (χ3n) is 5.15. The highest BCUT2D eigenvalue weighted by molar-refractivity contribution is 5.94. The van der Waals surface area contributed by atoms with Gasteiger partial charge >= 0.3 is 0 Å². The first kappa shape index (κ1) is 19.0. The summed E-state index contributed by atoms with van der Waals surface area (Å²) in [4.78, 5) is 25.2. The van der Waals surface area contributed by atoms with Crippen LogP contribution >= 0.6 is 0 Å². The van der Waals surface area contributed by atoms with Crippen LogP contribution in [0.15, 0.2) is 48.5 Å². The molecule has 0 aliphatic carbocycles. The van der Waals surface area contributed by atoms with E-state index in [-0.39, 0.29) is 11.6 Å². The second-order valence-corrected chi connectivity index (χ2v) is 7.22. The predicted molar refractivity (Wildman–Crippen MR) is 104 cm³/mol. The molecular weight excluding hydrogens is 342 g/mol. The first-order chi connectivity index (χ1) is 13.0. The van der Waals surface area contributed by atoms with Crippen molar-refractivity contribution in [3.05, 3.63) is 75.3 Å². The summed E-state index contributed by atoms with van der Waals surface area (Å²) in [6, 6.07) is 13.9. The molecule has 3 rings (SSSR count). The van der Waals surface area contributed by atoms with Crippen LogP contribution in [0.4, 0.5) is 5.69 Å². The SMILES string of the molecule is CC1CCN(Cc2ccccc2CNC(=O)c2cccc([N+](=O)[O-])c2)CC1. The Morgan fingerprint density at radius 3 is 2.56 bits per heavy atom. The molecule has 142 valence electrons. The van der Waals surface area contributed by atoms with E-state index in [4.69, 9.17) is 0 Å². The fraction of sp³-hybridized carbons (Fsp3) is 0.381. The molecule has 1 saturated heterocycles. The molecule has 27 heavy (non-hydrogen) atoms. The van der Waals surface area contributed by atoms with E-state index in [1.165, 1.54) is 36.6 Å². The number of nitrogens with zero attached hydrogens (tertiary/aromatic N) is 2. The second kappa shape index (κ2) is 8.77. The number of non-ortho nitro benzene ring substituents is 1. The van der Waals surface area contributed by atoms with Gasteiger partial charge < -0.3 is 5.32 Å². The molecule has 0 aromatic heterocycles. The smallest absolute Gasteiger partial charge is 0.270 e. The minimum Gasteiger partial charge on any atom is -0.348 e. The zero-order valence-electron chi connectivity index (χ0n) is 15.6. The summed E-state index contributed by atoms with van der Waals surface area (Å²) < 4.78 is 0. The summed E-state index contributed by atoms with van der Waals surface area (Å²) >= 11 is 0. The maximum Gasteiger partial charge on any atom is 0.270 e. The molecule has 0 spiro atoms. The Labute approximate surface area is 159 Å². The van der Waals surface area contributed by atoms with Gasteiger partial charge in [0.15, 0.2) is 0 Å². The van der Waals surface area contributed by atoms with Gasteiger partial charge in [-0.25, -0.2) is 0 Å². The highest BCUT2D eigenvalue weighted by atomic mass is 16.6. The van der Waals surface area contributed by atoms with Crippen molar-refractivity contribution >= 4 is 11.6 Å². The number of amides is 1. The van der Waals surface area contributed by atoms with E-state index in [1.54, 1.807) is 6.07 Å². The Morgan fingerprint density at radius 2 is 1.85 bits per heavy atom. The third kappa shape index (κ3) is 5.14. The number of carbonyl (C=O) groups excluding carboxylic acids is 1. The van der Waals surface area contributed by atoms with Crippen LogP contribution < -0.4 is 5.32 Å². The maximum absolute atomic E-state index is 12.4.